The maximum absolute atomic E-state index is 9.09. The zero-order valence-corrected chi connectivity index (χ0v) is 47.1. The SMILES string of the molecule is [2H]C([2H])([2H])c1cccc(C([2H])([2H])[2H])c1-c1ccc2c(c1)-c1cccc(-c3c(C([2H])([2H])[2H])cccc3C([2H])([2H])[2H])c1-[n+]1[c-]n(-c3cccc(Oc4ccc5c6ccccc6n(-c6cc(C(C)(C)C)ccn6)c5c4)c3)c3cc(-c4ccc5oc6ccccc6c5c4)cc(c31)-c1ccccc1-2. The van der Waals surface area contributed by atoms with Crippen LogP contribution in [0.3, 0.4) is 0 Å². The maximum Gasteiger partial charge on any atom is 0.269 e. The average Bonchev–Trinajstić information content (AvgIpc) is 1.51. The summed E-state index contributed by atoms with van der Waals surface area (Å²) in [5.41, 5.74) is 11.9. The zero-order chi connectivity index (χ0) is 68.1. The number of para-hydroxylation sites is 3. The Hall–Kier alpha value is -10.6. The molecule has 4 aromatic heterocycles. The van der Waals surface area contributed by atoms with Gasteiger partial charge in [-0.1, -0.05) is 166 Å². The highest BCUT2D eigenvalue weighted by Gasteiger charge is 2.29. The minimum atomic E-state index is -2.83. The number of benzene rings is 11. The number of aryl methyl sites for hydroxylation is 4. The van der Waals surface area contributed by atoms with Crippen molar-refractivity contribution in [3.05, 3.63) is 271 Å². The number of rotatable bonds is 7. The van der Waals surface area contributed by atoms with Crippen molar-refractivity contribution in [2.75, 3.05) is 0 Å². The lowest BCUT2D eigenvalue weighted by molar-refractivity contribution is -0.570. The van der Waals surface area contributed by atoms with Gasteiger partial charge in [0.25, 0.3) is 6.33 Å². The zero-order valence-electron chi connectivity index (χ0n) is 59.1. The molecule has 0 radical (unpaired) electrons. The number of furan rings is 1. The van der Waals surface area contributed by atoms with Gasteiger partial charge in [-0.3, -0.25) is 13.7 Å². The first kappa shape index (κ1) is 39.8. The topological polar surface area (TPSA) is 49.0 Å². The van der Waals surface area contributed by atoms with E-state index in [0.29, 0.717) is 67.3 Å². The number of pyridine rings is 1. The normalized spacial score (nSPS) is 14.8. The Morgan fingerprint density at radius 3 is 1.90 bits per heavy atom. The molecule has 11 aromatic carbocycles. The molecule has 412 valence electrons. The molecule has 1 aliphatic rings. The summed E-state index contributed by atoms with van der Waals surface area (Å²) < 4.78 is 127. The smallest absolute Gasteiger partial charge is 0.269 e. The molecule has 15 aromatic rings. The van der Waals surface area contributed by atoms with Crippen LogP contribution >= 0.6 is 0 Å². The predicted molar refractivity (Wildman–Crippen MR) is 353 cm³/mol. The van der Waals surface area contributed by atoms with E-state index in [-0.39, 0.29) is 44.4 Å². The third kappa shape index (κ3) is 8.15. The summed E-state index contributed by atoms with van der Waals surface area (Å²) in [5.74, 6) is 1.83. The number of aromatic nitrogens is 4. The predicted octanol–water partition coefficient (Wildman–Crippen LogP) is 20.7. The Kier molecular flexibility index (Phi) is 9.04. The van der Waals surface area contributed by atoms with Crippen molar-refractivity contribution in [2.45, 2.75) is 53.6 Å². The highest BCUT2D eigenvalue weighted by atomic mass is 16.5. The molecule has 5 heterocycles. The highest BCUT2D eigenvalue weighted by molar-refractivity contribution is 6.10. The van der Waals surface area contributed by atoms with Crippen LogP contribution in [0.25, 0.3) is 139 Å². The van der Waals surface area contributed by atoms with Gasteiger partial charge in [0.2, 0.25) is 0 Å². The van der Waals surface area contributed by atoms with E-state index in [4.69, 9.17) is 30.6 Å². The van der Waals surface area contributed by atoms with Gasteiger partial charge in [-0.05, 0) is 206 Å². The van der Waals surface area contributed by atoms with Crippen LogP contribution in [0.4, 0.5) is 0 Å². The van der Waals surface area contributed by atoms with Crippen molar-refractivity contribution in [3.8, 4) is 95.5 Å². The highest BCUT2D eigenvalue weighted by Crippen LogP contribution is 2.49. The average molecular weight is 1120 g/mol. The molecular formula is C80H60N4O2. The van der Waals surface area contributed by atoms with Crippen LogP contribution in [-0.4, -0.2) is 14.1 Å². The van der Waals surface area contributed by atoms with E-state index in [1.54, 1.807) is 24.3 Å². The number of ether oxygens (including phenoxy) is 1. The van der Waals surface area contributed by atoms with Gasteiger partial charge in [0, 0.05) is 50.3 Å². The summed E-state index contributed by atoms with van der Waals surface area (Å²) in [5, 5.41) is 3.95. The third-order valence-corrected chi connectivity index (χ3v) is 17.0. The summed E-state index contributed by atoms with van der Waals surface area (Å²) in [6.07, 6.45) is 5.67. The lowest BCUT2D eigenvalue weighted by Crippen LogP contribution is -2.32. The van der Waals surface area contributed by atoms with Crippen LogP contribution < -0.4 is 9.30 Å². The third-order valence-electron chi connectivity index (χ3n) is 17.0. The van der Waals surface area contributed by atoms with Gasteiger partial charge in [0.05, 0.1) is 33.4 Å². The Balaban J connectivity index is 0.998. The Labute approximate surface area is 517 Å². The molecule has 0 saturated heterocycles. The fourth-order valence-corrected chi connectivity index (χ4v) is 13.0. The minimum Gasteiger partial charge on any atom is -0.458 e. The molecule has 0 atom stereocenters. The van der Waals surface area contributed by atoms with Crippen LogP contribution in [0.15, 0.2) is 241 Å². The van der Waals surface area contributed by atoms with E-state index < -0.39 is 27.4 Å². The lowest BCUT2D eigenvalue weighted by atomic mass is 9.84. The van der Waals surface area contributed by atoms with Crippen molar-refractivity contribution >= 4 is 54.8 Å². The molecule has 0 spiro atoms. The second-order valence-corrected chi connectivity index (χ2v) is 23.2. The Bertz CT molecular complexity index is 5740. The molecule has 86 heavy (non-hydrogen) atoms. The van der Waals surface area contributed by atoms with E-state index in [2.05, 4.69) is 80.2 Å². The quantitative estimate of drug-likeness (QED) is 0.118. The fraction of sp³-hybridized carbons (Fsp3) is 0.100. The second kappa shape index (κ2) is 19.5. The number of hydrogen-bond acceptors (Lipinski definition) is 3. The van der Waals surface area contributed by atoms with Crippen molar-refractivity contribution < 1.29 is 30.2 Å². The van der Waals surface area contributed by atoms with E-state index in [0.717, 1.165) is 71.8 Å². The van der Waals surface area contributed by atoms with E-state index >= 15 is 0 Å². The molecule has 0 saturated carbocycles. The van der Waals surface area contributed by atoms with Gasteiger partial charge in [0.15, 0.2) is 0 Å². The van der Waals surface area contributed by atoms with Crippen molar-refractivity contribution in [1.82, 2.24) is 14.1 Å². The minimum absolute atomic E-state index is 0.0222. The lowest BCUT2D eigenvalue weighted by Gasteiger charge is -2.21. The summed E-state index contributed by atoms with van der Waals surface area (Å²) in [6.45, 7) is -4.60. The molecule has 0 N–H and O–H groups in total. The van der Waals surface area contributed by atoms with E-state index in [1.165, 1.54) is 36.4 Å². The maximum atomic E-state index is 9.09. The van der Waals surface area contributed by atoms with E-state index in [1.807, 2.05) is 137 Å². The fourth-order valence-electron chi connectivity index (χ4n) is 13.0. The number of hydrogen-bond donors (Lipinski definition) is 0. The number of fused-ring (bicyclic) bond motifs is 13. The second-order valence-electron chi connectivity index (χ2n) is 23.2. The standard InChI is InChI=1S/C80H60N4O2/c1-48-18-14-19-49(2)76(48)53-32-35-61-59-24-8-9-25-60(59)69-42-54(52-33-37-74-68(40-52)64-27-11-13-31-73(64)86-74)43-72-79(69)83(78-65(67(61)41-53)28-17-29-66(78)77-50(3)20-15-21-51(77)4)47-82(72)56-22-16-23-57(45-56)85-58-34-36-63-62-26-10-12-30-70(62)84(71(63)46-58)75-44-55(38-39-81-75)80(5,6)7/h8-46H,1-7H3/i1D3,2D3,3D3,4D3. The van der Waals surface area contributed by atoms with Crippen LogP contribution in [0.2, 0.25) is 0 Å². The summed E-state index contributed by atoms with van der Waals surface area (Å²) in [6, 6.07) is 71.8. The first-order valence-corrected chi connectivity index (χ1v) is 28.7. The van der Waals surface area contributed by atoms with Gasteiger partial charge in [-0.15, -0.1) is 0 Å². The summed E-state index contributed by atoms with van der Waals surface area (Å²) in [7, 11) is 0. The molecular weight excluding hydrogens is 1050 g/mol. The summed E-state index contributed by atoms with van der Waals surface area (Å²) >= 11 is 0. The van der Waals surface area contributed by atoms with Crippen LogP contribution in [0.1, 0.15) is 65.0 Å². The molecule has 0 fully saturated rings. The molecule has 0 amide bonds. The molecule has 1 aliphatic heterocycles. The molecule has 0 unspecified atom stereocenters. The Morgan fingerprint density at radius 1 is 0.453 bits per heavy atom. The first-order chi connectivity index (χ1) is 46.8. The molecule has 6 heteroatoms. The molecule has 0 aliphatic carbocycles. The van der Waals surface area contributed by atoms with Gasteiger partial charge in [-0.25, -0.2) is 4.98 Å². The monoisotopic (exact) mass is 1120 g/mol. The van der Waals surface area contributed by atoms with E-state index in [9.17, 15) is 0 Å². The van der Waals surface area contributed by atoms with Gasteiger partial charge in [-0.2, -0.15) is 0 Å². The van der Waals surface area contributed by atoms with Crippen molar-refractivity contribution in [1.29, 1.82) is 0 Å². The van der Waals surface area contributed by atoms with Crippen LogP contribution in [-0.2, 0) is 5.41 Å². The largest absolute Gasteiger partial charge is 0.458 e. The van der Waals surface area contributed by atoms with Crippen molar-refractivity contribution in [2.24, 2.45) is 0 Å². The van der Waals surface area contributed by atoms with Crippen molar-refractivity contribution in [3.63, 3.8) is 0 Å². The Morgan fingerprint density at radius 2 is 1.09 bits per heavy atom. The first-order valence-electron chi connectivity index (χ1n) is 34.7. The number of nitrogens with zero attached hydrogens (tertiary/aromatic N) is 4. The number of imidazole rings is 1. The van der Waals surface area contributed by atoms with Crippen LogP contribution in [0.5, 0.6) is 11.5 Å². The van der Waals surface area contributed by atoms with Gasteiger partial charge >= 0.3 is 0 Å². The van der Waals surface area contributed by atoms with Gasteiger partial charge < -0.3 is 9.15 Å². The molecule has 6 nitrogen and oxygen atoms in total. The molecule has 0 bridgehead atoms. The van der Waals surface area contributed by atoms with Gasteiger partial charge in [0.1, 0.15) is 28.5 Å². The van der Waals surface area contributed by atoms with Crippen LogP contribution in [0, 0.1) is 33.7 Å². The summed E-state index contributed by atoms with van der Waals surface area (Å²) in [4.78, 5) is 4.92. The molecule has 16 rings (SSSR count).